The van der Waals surface area contributed by atoms with Crippen LogP contribution in [0.1, 0.15) is 48.5 Å². The highest BCUT2D eigenvalue weighted by Crippen LogP contribution is 2.60. The first-order chi connectivity index (χ1) is 8.85. The molecule has 4 fully saturated rings. The Labute approximate surface area is 113 Å². The van der Waals surface area contributed by atoms with Crippen molar-refractivity contribution >= 4 is 11.3 Å². The molecule has 0 N–H and O–H groups in total. The average molecular weight is 257 g/mol. The van der Waals surface area contributed by atoms with Gasteiger partial charge in [-0.25, -0.2) is 0 Å². The van der Waals surface area contributed by atoms with E-state index in [1.54, 1.807) is 16.9 Å². The van der Waals surface area contributed by atoms with Crippen molar-refractivity contribution < 1.29 is 0 Å². The molecule has 4 bridgehead atoms. The van der Waals surface area contributed by atoms with Crippen LogP contribution in [0.5, 0.6) is 0 Å². The zero-order chi connectivity index (χ0) is 12.1. The third-order valence-corrected chi connectivity index (χ3v) is 6.54. The molecule has 0 atom stereocenters. The molecule has 94 valence electrons. The molecule has 0 aliphatic heterocycles. The van der Waals surface area contributed by atoms with E-state index in [0.717, 1.165) is 29.6 Å². The highest BCUT2D eigenvalue weighted by Gasteiger charge is 2.49. The van der Waals surface area contributed by atoms with Crippen molar-refractivity contribution in [2.75, 3.05) is 0 Å². The van der Waals surface area contributed by atoms with E-state index < -0.39 is 0 Å². The Kier molecular flexibility index (Phi) is 2.52. The van der Waals surface area contributed by atoms with Crippen LogP contribution >= 0.6 is 11.3 Å². The summed E-state index contributed by atoms with van der Waals surface area (Å²) >= 11 is 1.80. The van der Waals surface area contributed by atoms with Gasteiger partial charge in [0.25, 0.3) is 0 Å². The van der Waals surface area contributed by atoms with E-state index in [2.05, 4.69) is 17.5 Å². The van der Waals surface area contributed by atoms with Crippen LogP contribution in [0.4, 0.5) is 0 Å². The van der Waals surface area contributed by atoms with Crippen LogP contribution in [-0.4, -0.2) is 0 Å². The zero-order valence-electron chi connectivity index (χ0n) is 10.6. The first kappa shape index (κ1) is 11.1. The topological polar surface area (TPSA) is 23.8 Å². The molecular weight excluding hydrogens is 238 g/mol. The van der Waals surface area contributed by atoms with Crippen molar-refractivity contribution in [1.82, 2.24) is 0 Å². The maximum atomic E-state index is 8.97. The molecule has 0 spiro atoms. The molecule has 0 unspecified atom stereocenters. The molecule has 4 aliphatic carbocycles. The van der Waals surface area contributed by atoms with Crippen molar-refractivity contribution in [3.05, 3.63) is 21.9 Å². The summed E-state index contributed by atoms with van der Waals surface area (Å²) in [6.07, 6.45) is 8.03. The summed E-state index contributed by atoms with van der Waals surface area (Å²) in [7, 11) is 0. The van der Waals surface area contributed by atoms with E-state index >= 15 is 0 Å². The highest BCUT2D eigenvalue weighted by molar-refractivity contribution is 7.10. The normalized spacial score (nSPS) is 40.9. The molecule has 4 aliphatic rings. The summed E-state index contributed by atoms with van der Waals surface area (Å²) in [6, 6.07) is 4.67. The minimum Gasteiger partial charge on any atom is -0.198 e. The van der Waals surface area contributed by atoms with E-state index in [1.165, 1.54) is 37.0 Å². The molecule has 0 aromatic carbocycles. The fourth-order valence-corrected chi connectivity index (χ4v) is 6.16. The second-order valence-electron chi connectivity index (χ2n) is 6.59. The Hall–Kier alpha value is -0.810. The van der Waals surface area contributed by atoms with Gasteiger partial charge in [-0.3, -0.25) is 0 Å². The van der Waals surface area contributed by atoms with Gasteiger partial charge in [0.05, 0.1) is 12.5 Å². The van der Waals surface area contributed by atoms with Crippen LogP contribution in [-0.2, 0) is 6.42 Å². The lowest BCUT2D eigenvalue weighted by atomic mass is 9.51. The summed E-state index contributed by atoms with van der Waals surface area (Å²) in [5, 5.41) is 11.2. The number of thiophene rings is 1. The van der Waals surface area contributed by atoms with E-state index in [1.807, 2.05) is 0 Å². The van der Waals surface area contributed by atoms with Crippen LogP contribution in [0, 0.1) is 35.0 Å². The number of nitriles is 1. The van der Waals surface area contributed by atoms with E-state index in [4.69, 9.17) is 5.26 Å². The van der Waals surface area contributed by atoms with E-state index in [9.17, 15) is 0 Å². The summed E-state index contributed by atoms with van der Waals surface area (Å²) in [5.41, 5.74) is 1.55. The number of nitrogens with zero attached hydrogens (tertiary/aromatic N) is 1. The molecule has 0 amide bonds. The molecule has 1 nitrogen and oxygen atoms in total. The molecule has 0 radical (unpaired) electrons. The van der Waals surface area contributed by atoms with Crippen LogP contribution < -0.4 is 0 Å². The maximum absolute atomic E-state index is 8.97. The fourth-order valence-electron chi connectivity index (χ4n) is 5.30. The Morgan fingerprint density at radius 2 is 1.78 bits per heavy atom. The summed E-state index contributed by atoms with van der Waals surface area (Å²) < 4.78 is 0. The van der Waals surface area contributed by atoms with Gasteiger partial charge in [0.15, 0.2) is 0 Å². The lowest BCUT2D eigenvalue weighted by Gasteiger charge is -2.54. The molecule has 2 heteroatoms. The lowest BCUT2D eigenvalue weighted by Crippen LogP contribution is -2.43. The van der Waals surface area contributed by atoms with Gasteiger partial charge >= 0.3 is 0 Å². The van der Waals surface area contributed by atoms with Crippen molar-refractivity contribution in [2.45, 2.75) is 44.4 Å². The molecule has 1 heterocycles. The van der Waals surface area contributed by atoms with Crippen molar-refractivity contribution in [2.24, 2.45) is 23.7 Å². The molecule has 1 aromatic rings. The molecule has 5 rings (SSSR count). The van der Waals surface area contributed by atoms with Crippen LogP contribution in [0.25, 0.3) is 0 Å². The largest absolute Gasteiger partial charge is 0.198 e. The predicted molar refractivity (Wildman–Crippen MR) is 73.4 cm³/mol. The fraction of sp³-hybridized carbons (Fsp3) is 0.688. The van der Waals surface area contributed by atoms with Crippen molar-refractivity contribution in [3.63, 3.8) is 0 Å². The number of hydrogen-bond donors (Lipinski definition) is 0. The Balaban J connectivity index is 1.68. The van der Waals surface area contributed by atoms with Gasteiger partial charge in [0.1, 0.15) is 0 Å². The van der Waals surface area contributed by atoms with Crippen LogP contribution in [0.15, 0.2) is 11.4 Å². The average Bonchev–Trinajstić information content (AvgIpc) is 2.76. The molecule has 1 aromatic heterocycles. The Bertz CT molecular complexity index is 467. The van der Waals surface area contributed by atoms with Crippen LogP contribution in [0.3, 0.4) is 0 Å². The quantitative estimate of drug-likeness (QED) is 0.772. The van der Waals surface area contributed by atoms with Gasteiger partial charge in [-0.15, -0.1) is 11.3 Å². The summed E-state index contributed by atoms with van der Waals surface area (Å²) in [4.78, 5) is 1.36. The lowest BCUT2D eigenvalue weighted by molar-refractivity contribution is -0.00285. The highest BCUT2D eigenvalue weighted by atomic mass is 32.1. The maximum Gasteiger partial charge on any atom is 0.0698 e. The minimum absolute atomic E-state index is 0.621. The first-order valence-corrected chi connectivity index (χ1v) is 8.16. The van der Waals surface area contributed by atoms with Crippen LogP contribution in [0.2, 0.25) is 0 Å². The van der Waals surface area contributed by atoms with Crippen molar-refractivity contribution in [1.29, 1.82) is 5.26 Å². The van der Waals surface area contributed by atoms with Gasteiger partial charge in [-0.05, 0) is 78.7 Å². The SMILES string of the molecule is N#CCc1sccc1C1C2CC3CC(C2)CC1C3. The number of hydrogen-bond acceptors (Lipinski definition) is 2. The van der Waals surface area contributed by atoms with Gasteiger partial charge in [0.2, 0.25) is 0 Å². The second-order valence-corrected chi connectivity index (χ2v) is 7.59. The summed E-state index contributed by atoms with van der Waals surface area (Å²) in [5.74, 6) is 4.76. The minimum atomic E-state index is 0.621. The second kappa shape index (κ2) is 4.10. The number of rotatable bonds is 2. The monoisotopic (exact) mass is 257 g/mol. The molecule has 4 saturated carbocycles. The van der Waals surface area contributed by atoms with E-state index in [-0.39, 0.29) is 0 Å². The van der Waals surface area contributed by atoms with E-state index in [0.29, 0.717) is 6.42 Å². The predicted octanol–water partition coefficient (Wildman–Crippen LogP) is 4.35. The van der Waals surface area contributed by atoms with Gasteiger partial charge < -0.3 is 0 Å². The molecular formula is C16H19NS. The smallest absolute Gasteiger partial charge is 0.0698 e. The Morgan fingerprint density at radius 1 is 1.11 bits per heavy atom. The first-order valence-electron chi connectivity index (χ1n) is 7.28. The zero-order valence-corrected chi connectivity index (χ0v) is 11.5. The standard InChI is InChI=1S/C16H19NS/c17-3-1-15-14(2-4-18-15)16-12-6-10-5-11(8-12)9-13(16)7-10/h2,4,10-13,16H,1,5-9H2. The molecule has 0 saturated heterocycles. The summed E-state index contributed by atoms with van der Waals surface area (Å²) in [6.45, 7) is 0. The Morgan fingerprint density at radius 3 is 2.39 bits per heavy atom. The van der Waals surface area contributed by atoms with Crippen molar-refractivity contribution in [3.8, 4) is 6.07 Å². The van der Waals surface area contributed by atoms with Gasteiger partial charge in [-0.2, -0.15) is 5.26 Å². The third-order valence-electron chi connectivity index (χ3n) is 5.61. The third kappa shape index (κ3) is 1.57. The van der Waals surface area contributed by atoms with Gasteiger partial charge in [-0.1, -0.05) is 0 Å². The molecule has 18 heavy (non-hydrogen) atoms. The van der Waals surface area contributed by atoms with Gasteiger partial charge in [0, 0.05) is 4.88 Å².